The number of morpholine rings is 1. The van der Waals surface area contributed by atoms with Crippen molar-refractivity contribution in [3.63, 3.8) is 0 Å². The molecule has 4 N–H and O–H groups in total. The van der Waals surface area contributed by atoms with Crippen LogP contribution in [-0.2, 0) is 9.53 Å². The standard InChI is InChI=1S/C12H17N3O2/c13-7-12(16)15-10-3-1-9(2-4-10)11-8-14-5-6-17-11/h1-4,11,14H,5-8,13H2,(H,15,16)/t11-/m1/s1. The predicted molar refractivity (Wildman–Crippen MR) is 65.7 cm³/mol. The van der Waals surface area contributed by atoms with Crippen molar-refractivity contribution in [2.75, 3.05) is 31.6 Å². The molecule has 5 heteroatoms. The van der Waals surface area contributed by atoms with Crippen LogP contribution in [0.5, 0.6) is 0 Å². The Kier molecular flexibility index (Phi) is 4.08. The van der Waals surface area contributed by atoms with Gasteiger partial charge in [-0.1, -0.05) is 12.1 Å². The predicted octanol–water partition coefficient (Wildman–Crippen LogP) is 0.245. The van der Waals surface area contributed by atoms with Gasteiger partial charge < -0.3 is 21.1 Å². The summed E-state index contributed by atoms with van der Waals surface area (Å²) in [5.74, 6) is -0.187. The van der Waals surface area contributed by atoms with Gasteiger partial charge in [0.2, 0.25) is 5.91 Å². The summed E-state index contributed by atoms with van der Waals surface area (Å²) in [6.45, 7) is 2.46. The molecule has 0 aliphatic carbocycles. The lowest BCUT2D eigenvalue weighted by atomic mass is 10.1. The van der Waals surface area contributed by atoms with Gasteiger partial charge in [0.1, 0.15) is 0 Å². The molecule has 1 fully saturated rings. The van der Waals surface area contributed by atoms with E-state index in [1.54, 1.807) is 0 Å². The van der Waals surface area contributed by atoms with Crippen molar-refractivity contribution < 1.29 is 9.53 Å². The lowest BCUT2D eigenvalue weighted by Crippen LogP contribution is -2.33. The maximum atomic E-state index is 11.1. The molecule has 5 nitrogen and oxygen atoms in total. The SMILES string of the molecule is NCC(=O)Nc1ccc([C@H]2CNCCO2)cc1. The minimum Gasteiger partial charge on any atom is -0.371 e. The van der Waals surface area contributed by atoms with Crippen LogP contribution in [0.2, 0.25) is 0 Å². The third kappa shape index (κ3) is 3.26. The second kappa shape index (κ2) is 5.77. The van der Waals surface area contributed by atoms with E-state index in [9.17, 15) is 4.79 Å². The zero-order valence-electron chi connectivity index (χ0n) is 9.61. The first-order valence-electron chi connectivity index (χ1n) is 5.72. The smallest absolute Gasteiger partial charge is 0.238 e. The number of amides is 1. The summed E-state index contributed by atoms with van der Waals surface area (Å²) >= 11 is 0. The van der Waals surface area contributed by atoms with E-state index >= 15 is 0 Å². The molecule has 0 aromatic heterocycles. The third-order valence-corrected chi connectivity index (χ3v) is 2.68. The van der Waals surface area contributed by atoms with Crippen LogP contribution in [0.4, 0.5) is 5.69 Å². The van der Waals surface area contributed by atoms with E-state index in [0.717, 1.165) is 30.9 Å². The quantitative estimate of drug-likeness (QED) is 0.701. The molecule has 1 heterocycles. The summed E-state index contributed by atoms with van der Waals surface area (Å²) in [6.07, 6.45) is 0.100. The molecule has 2 rings (SSSR count). The number of hydrogen-bond donors (Lipinski definition) is 3. The number of carbonyl (C=O) groups is 1. The Morgan fingerprint density at radius 3 is 2.82 bits per heavy atom. The van der Waals surface area contributed by atoms with Crippen LogP contribution in [0, 0.1) is 0 Å². The highest BCUT2D eigenvalue weighted by atomic mass is 16.5. The summed E-state index contributed by atoms with van der Waals surface area (Å²) in [4.78, 5) is 11.1. The molecule has 1 aliphatic rings. The number of rotatable bonds is 3. The summed E-state index contributed by atoms with van der Waals surface area (Å²) in [5.41, 5.74) is 7.10. The van der Waals surface area contributed by atoms with Gasteiger partial charge in [-0.15, -0.1) is 0 Å². The molecule has 92 valence electrons. The Balaban J connectivity index is 1.99. The van der Waals surface area contributed by atoms with E-state index in [-0.39, 0.29) is 18.6 Å². The van der Waals surface area contributed by atoms with Crippen molar-refractivity contribution in [1.82, 2.24) is 5.32 Å². The van der Waals surface area contributed by atoms with Crippen molar-refractivity contribution in [2.24, 2.45) is 5.73 Å². The first-order valence-corrected chi connectivity index (χ1v) is 5.72. The topological polar surface area (TPSA) is 76.4 Å². The van der Waals surface area contributed by atoms with Gasteiger partial charge in [-0.05, 0) is 17.7 Å². The minimum atomic E-state index is -0.187. The molecule has 0 unspecified atom stereocenters. The van der Waals surface area contributed by atoms with Gasteiger partial charge in [-0.25, -0.2) is 0 Å². The highest BCUT2D eigenvalue weighted by molar-refractivity contribution is 5.92. The fourth-order valence-electron chi connectivity index (χ4n) is 1.77. The van der Waals surface area contributed by atoms with Gasteiger partial charge in [0.05, 0.1) is 19.3 Å². The van der Waals surface area contributed by atoms with Crippen LogP contribution >= 0.6 is 0 Å². The fraction of sp³-hybridized carbons (Fsp3) is 0.417. The van der Waals surface area contributed by atoms with E-state index in [1.165, 1.54) is 0 Å². The van der Waals surface area contributed by atoms with Crippen LogP contribution in [-0.4, -0.2) is 32.1 Å². The van der Waals surface area contributed by atoms with Crippen molar-refractivity contribution in [3.05, 3.63) is 29.8 Å². The van der Waals surface area contributed by atoms with Crippen molar-refractivity contribution in [3.8, 4) is 0 Å². The van der Waals surface area contributed by atoms with Crippen LogP contribution in [0.1, 0.15) is 11.7 Å². The van der Waals surface area contributed by atoms with E-state index in [0.29, 0.717) is 0 Å². The van der Waals surface area contributed by atoms with Crippen LogP contribution in [0.3, 0.4) is 0 Å². The highest BCUT2D eigenvalue weighted by Crippen LogP contribution is 2.20. The van der Waals surface area contributed by atoms with Gasteiger partial charge in [-0.3, -0.25) is 4.79 Å². The number of nitrogens with two attached hydrogens (primary N) is 1. The Bertz CT molecular complexity index is 372. The van der Waals surface area contributed by atoms with E-state index in [2.05, 4.69) is 10.6 Å². The number of anilines is 1. The summed E-state index contributed by atoms with van der Waals surface area (Å²) in [7, 11) is 0. The summed E-state index contributed by atoms with van der Waals surface area (Å²) in [5, 5.41) is 5.98. The average Bonchev–Trinajstić information content (AvgIpc) is 2.40. The number of nitrogens with one attached hydrogen (secondary N) is 2. The van der Waals surface area contributed by atoms with Crippen molar-refractivity contribution in [2.45, 2.75) is 6.10 Å². The lowest BCUT2D eigenvalue weighted by molar-refractivity contribution is -0.114. The van der Waals surface area contributed by atoms with Crippen LogP contribution < -0.4 is 16.4 Å². The van der Waals surface area contributed by atoms with Gasteiger partial charge in [0.15, 0.2) is 0 Å². The molecule has 1 aromatic rings. The Morgan fingerprint density at radius 2 is 2.24 bits per heavy atom. The molecule has 1 amide bonds. The first kappa shape index (κ1) is 12.0. The second-order valence-electron chi connectivity index (χ2n) is 3.94. The maximum Gasteiger partial charge on any atom is 0.238 e. The summed E-state index contributed by atoms with van der Waals surface area (Å²) < 4.78 is 5.64. The van der Waals surface area contributed by atoms with Gasteiger partial charge in [-0.2, -0.15) is 0 Å². The number of ether oxygens (including phenoxy) is 1. The highest BCUT2D eigenvalue weighted by Gasteiger charge is 2.15. The largest absolute Gasteiger partial charge is 0.371 e. The number of hydrogen-bond acceptors (Lipinski definition) is 4. The van der Waals surface area contributed by atoms with Gasteiger partial charge >= 0.3 is 0 Å². The molecule has 17 heavy (non-hydrogen) atoms. The zero-order chi connectivity index (χ0) is 12.1. The molecule has 1 aromatic carbocycles. The Morgan fingerprint density at radius 1 is 1.47 bits per heavy atom. The average molecular weight is 235 g/mol. The van der Waals surface area contributed by atoms with Crippen LogP contribution in [0.25, 0.3) is 0 Å². The molecule has 0 bridgehead atoms. The zero-order valence-corrected chi connectivity index (χ0v) is 9.61. The minimum absolute atomic E-state index is 0.00257. The normalized spacial score (nSPS) is 19.9. The fourth-order valence-corrected chi connectivity index (χ4v) is 1.77. The first-order chi connectivity index (χ1) is 8.29. The molecular formula is C12H17N3O2. The Hall–Kier alpha value is -1.43. The van der Waals surface area contributed by atoms with Gasteiger partial charge in [0, 0.05) is 18.8 Å². The van der Waals surface area contributed by atoms with Gasteiger partial charge in [0.25, 0.3) is 0 Å². The molecule has 1 saturated heterocycles. The molecule has 0 radical (unpaired) electrons. The molecule has 0 saturated carbocycles. The molecule has 0 spiro atoms. The maximum absolute atomic E-state index is 11.1. The van der Waals surface area contributed by atoms with E-state index in [4.69, 9.17) is 10.5 Å². The number of carbonyl (C=O) groups excluding carboxylic acids is 1. The van der Waals surface area contributed by atoms with Crippen LogP contribution in [0.15, 0.2) is 24.3 Å². The van der Waals surface area contributed by atoms with Crippen molar-refractivity contribution >= 4 is 11.6 Å². The molecule has 1 aliphatic heterocycles. The summed E-state index contributed by atoms with van der Waals surface area (Å²) in [6, 6.07) is 7.65. The molecular weight excluding hydrogens is 218 g/mol. The Labute approximate surface area is 100 Å². The number of benzene rings is 1. The second-order valence-corrected chi connectivity index (χ2v) is 3.94. The van der Waals surface area contributed by atoms with Crippen molar-refractivity contribution in [1.29, 1.82) is 0 Å². The molecule has 1 atom stereocenters. The van der Waals surface area contributed by atoms with E-state index < -0.39 is 0 Å². The third-order valence-electron chi connectivity index (χ3n) is 2.68. The van der Waals surface area contributed by atoms with E-state index in [1.807, 2.05) is 24.3 Å². The monoisotopic (exact) mass is 235 g/mol. The lowest BCUT2D eigenvalue weighted by Gasteiger charge is -2.24.